The van der Waals surface area contributed by atoms with Crippen LogP contribution >= 0.6 is 0 Å². The molecule has 1 fully saturated rings. The van der Waals surface area contributed by atoms with E-state index >= 15 is 0 Å². The summed E-state index contributed by atoms with van der Waals surface area (Å²) in [4.78, 5) is 14.6. The fourth-order valence-corrected chi connectivity index (χ4v) is 2.72. The maximum absolute atomic E-state index is 12.3. The first-order chi connectivity index (χ1) is 9.58. The second-order valence-corrected chi connectivity index (χ2v) is 6.14. The van der Waals surface area contributed by atoms with Crippen LogP contribution in [-0.4, -0.2) is 48.6 Å². The van der Waals surface area contributed by atoms with Gasteiger partial charge in [0, 0.05) is 18.6 Å². The summed E-state index contributed by atoms with van der Waals surface area (Å²) in [7, 11) is 0. The minimum Gasteiger partial charge on any atom is -0.352 e. The molecule has 0 aromatic carbocycles. The van der Waals surface area contributed by atoms with E-state index in [9.17, 15) is 4.79 Å². The van der Waals surface area contributed by atoms with Crippen molar-refractivity contribution in [2.75, 3.05) is 19.6 Å². The normalized spacial score (nSPS) is 22.6. The number of rotatable bonds is 8. The molecule has 4 nitrogen and oxygen atoms in total. The lowest BCUT2D eigenvalue weighted by Crippen LogP contribution is -2.52. The van der Waals surface area contributed by atoms with Crippen LogP contribution in [0.25, 0.3) is 0 Å². The first kappa shape index (κ1) is 17.4. The van der Waals surface area contributed by atoms with Crippen LogP contribution < -0.4 is 10.6 Å². The van der Waals surface area contributed by atoms with Gasteiger partial charge < -0.3 is 10.6 Å². The van der Waals surface area contributed by atoms with Crippen LogP contribution in [0.15, 0.2) is 0 Å². The molecular weight excluding hydrogens is 250 g/mol. The van der Waals surface area contributed by atoms with Crippen LogP contribution in [0.4, 0.5) is 0 Å². The lowest BCUT2D eigenvalue weighted by molar-refractivity contribution is -0.126. The minimum atomic E-state index is -0.0346. The number of hydrogen-bond acceptors (Lipinski definition) is 3. The molecule has 0 aromatic heterocycles. The SMILES string of the molecule is CCCN(CC1CCCCN1)C(C)C(=O)NC(C)CC. The average Bonchev–Trinajstić information content (AvgIpc) is 2.46. The van der Waals surface area contributed by atoms with E-state index < -0.39 is 0 Å². The van der Waals surface area contributed by atoms with E-state index in [4.69, 9.17) is 0 Å². The number of amides is 1. The molecule has 3 atom stereocenters. The summed E-state index contributed by atoms with van der Waals surface area (Å²) in [6.07, 6.45) is 5.91. The van der Waals surface area contributed by atoms with Crippen molar-refractivity contribution in [1.29, 1.82) is 0 Å². The van der Waals surface area contributed by atoms with Gasteiger partial charge in [-0.3, -0.25) is 9.69 Å². The highest BCUT2D eigenvalue weighted by Gasteiger charge is 2.24. The second kappa shape index (κ2) is 9.35. The van der Waals surface area contributed by atoms with E-state index in [1.54, 1.807) is 0 Å². The summed E-state index contributed by atoms with van der Waals surface area (Å²) in [6, 6.07) is 0.781. The number of carbonyl (C=O) groups is 1. The predicted octanol–water partition coefficient (Wildman–Crippen LogP) is 2.14. The van der Waals surface area contributed by atoms with Gasteiger partial charge in [-0.15, -0.1) is 0 Å². The molecule has 0 bridgehead atoms. The highest BCUT2D eigenvalue weighted by atomic mass is 16.2. The number of nitrogens with zero attached hydrogens (tertiary/aromatic N) is 1. The maximum atomic E-state index is 12.3. The Labute approximate surface area is 124 Å². The third kappa shape index (κ3) is 5.80. The number of piperidine rings is 1. The van der Waals surface area contributed by atoms with Gasteiger partial charge in [-0.25, -0.2) is 0 Å². The molecule has 3 unspecified atom stereocenters. The summed E-state index contributed by atoms with van der Waals surface area (Å²) in [5, 5.41) is 6.68. The highest BCUT2D eigenvalue weighted by molar-refractivity contribution is 5.81. The van der Waals surface area contributed by atoms with Gasteiger partial charge in [-0.1, -0.05) is 20.3 Å². The molecule has 1 saturated heterocycles. The van der Waals surface area contributed by atoms with Gasteiger partial charge in [0.15, 0.2) is 0 Å². The molecule has 1 rings (SSSR count). The van der Waals surface area contributed by atoms with E-state index in [1.807, 2.05) is 6.92 Å². The fourth-order valence-electron chi connectivity index (χ4n) is 2.72. The van der Waals surface area contributed by atoms with Crippen molar-refractivity contribution in [2.24, 2.45) is 0 Å². The molecule has 1 heterocycles. The maximum Gasteiger partial charge on any atom is 0.237 e. The smallest absolute Gasteiger partial charge is 0.237 e. The van der Waals surface area contributed by atoms with Gasteiger partial charge >= 0.3 is 0 Å². The Balaban J connectivity index is 2.51. The molecule has 118 valence electrons. The van der Waals surface area contributed by atoms with Gasteiger partial charge in [0.1, 0.15) is 0 Å². The lowest BCUT2D eigenvalue weighted by atomic mass is 10.0. The quantitative estimate of drug-likeness (QED) is 0.717. The Morgan fingerprint density at radius 3 is 2.65 bits per heavy atom. The zero-order chi connectivity index (χ0) is 15.0. The Kier molecular flexibility index (Phi) is 8.15. The second-order valence-electron chi connectivity index (χ2n) is 6.14. The number of nitrogens with one attached hydrogen (secondary N) is 2. The van der Waals surface area contributed by atoms with Crippen LogP contribution in [0, 0.1) is 0 Å². The van der Waals surface area contributed by atoms with Gasteiger partial charge in [0.05, 0.1) is 6.04 Å². The molecule has 0 spiro atoms. The molecular formula is C16H33N3O. The number of carbonyl (C=O) groups excluding carboxylic acids is 1. The standard InChI is InChI=1S/C16H33N3O/c1-5-11-19(12-15-9-7-8-10-17-15)14(4)16(20)18-13(3)6-2/h13-15,17H,5-12H2,1-4H3,(H,18,20). The van der Waals surface area contributed by atoms with Gasteiger partial charge in [0.25, 0.3) is 0 Å². The molecule has 1 aliphatic rings. The van der Waals surface area contributed by atoms with Crippen molar-refractivity contribution in [2.45, 2.75) is 77.9 Å². The highest BCUT2D eigenvalue weighted by Crippen LogP contribution is 2.11. The molecule has 1 amide bonds. The Bertz CT molecular complexity index is 277. The largest absolute Gasteiger partial charge is 0.352 e. The van der Waals surface area contributed by atoms with Crippen molar-refractivity contribution < 1.29 is 4.79 Å². The minimum absolute atomic E-state index is 0.0346. The first-order valence-electron chi connectivity index (χ1n) is 8.36. The summed E-state index contributed by atoms with van der Waals surface area (Å²) in [5.41, 5.74) is 0. The average molecular weight is 283 g/mol. The zero-order valence-electron chi connectivity index (χ0n) is 13.7. The van der Waals surface area contributed by atoms with Crippen molar-refractivity contribution >= 4 is 5.91 Å². The fraction of sp³-hybridized carbons (Fsp3) is 0.938. The van der Waals surface area contributed by atoms with Crippen LogP contribution in [0.1, 0.15) is 59.8 Å². The van der Waals surface area contributed by atoms with E-state index in [1.165, 1.54) is 19.3 Å². The van der Waals surface area contributed by atoms with Crippen molar-refractivity contribution in [3.63, 3.8) is 0 Å². The first-order valence-corrected chi connectivity index (χ1v) is 8.36. The van der Waals surface area contributed by atoms with Crippen LogP contribution in [0.5, 0.6) is 0 Å². The van der Waals surface area contributed by atoms with E-state index in [-0.39, 0.29) is 18.0 Å². The van der Waals surface area contributed by atoms with Gasteiger partial charge in [0.2, 0.25) is 5.91 Å². The van der Waals surface area contributed by atoms with E-state index in [2.05, 4.69) is 36.3 Å². The van der Waals surface area contributed by atoms with E-state index in [0.29, 0.717) is 6.04 Å². The summed E-state index contributed by atoms with van der Waals surface area (Å²) < 4.78 is 0. The molecule has 1 aliphatic heterocycles. The van der Waals surface area contributed by atoms with Crippen molar-refractivity contribution in [3.05, 3.63) is 0 Å². The Hall–Kier alpha value is -0.610. The third-order valence-electron chi connectivity index (χ3n) is 4.31. The topological polar surface area (TPSA) is 44.4 Å². The van der Waals surface area contributed by atoms with Crippen molar-refractivity contribution in [1.82, 2.24) is 15.5 Å². The summed E-state index contributed by atoms with van der Waals surface area (Å²) >= 11 is 0. The predicted molar refractivity (Wildman–Crippen MR) is 84.9 cm³/mol. The van der Waals surface area contributed by atoms with Gasteiger partial charge in [-0.05, 0) is 52.6 Å². The Morgan fingerprint density at radius 1 is 1.35 bits per heavy atom. The molecule has 0 radical (unpaired) electrons. The zero-order valence-corrected chi connectivity index (χ0v) is 13.7. The van der Waals surface area contributed by atoms with E-state index in [0.717, 1.165) is 32.5 Å². The van der Waals surface area contributed by atoms with Crippen LogP contribution in [-0.2, 0) is 4.79 Å². The molecule has 4 heteroatoms. The van der Waals surface area contributed by atoms with Crippen molar-refractivity contribution in [3.8, 4) is 0 Å². The molecule has 0 saturated carbocycles. The summed E-state index contributed by atoms with van der Waals surface area (Å²) in [6.45, 7) is 11.5. The molecule has 2 N–H and O–H groups in total. The summed E-state index contributed by atoms with van der Waals surface area (Å²) in [5.74, 6) is 0.170. The molecule has 0 aliphatic carbocycles. The Morgan fingerprint density at radius 2 is 2.10 bits per heavy atom. The third-order valence-corrected chi connectivity index (χ3v) is 4.31. The monoisotopic (exact) mass is 283 g/mol. The molecule has 0 aromatic rings. The number of hydrogen-bond donors (Lipinski definition) is 2. The van der Waals surface area contributed by atoms with Gasteiger partial charge in [-0.2, -0.15) is 0 Å². The van der Waals surface area contributed by atoms with Crippen LogP contribution in [0.3, 0.4) is 0 Å². The lowest BCUT2D eigenvalue weighted by Gasteiger charge is -2.34. The molecule has 20 heavy (non-hydrogen) atoms. The van der Waals surface area contributed by atoms with Crippen LogP contribution in [0.2, 0.25) is 0 Å².